The lowest BCUT2D eigenvalue weighted by atomic mass is 9.95. The van der Waals surface area contributed by atoms with Crippen LogP contribution >= 0.6 is 11.3 Å². The molecule has 1 N–H and O–H groups in total. The Hall–Kier alpha value is -2.41. The third-order valence-electron chi connectivity index (χ3n) is 5.60. The molecular formula is C21H27N3O3S. The molecule has 1 unspecified atom stereocenters. The fourth-order valence-electron chi connectivity index (χ4n) is 3.72. The van der Waals surface area contributed by atoms with Gasteiger partial charge in [0.15, 0.2) is 0 Å². The van der Waals surface area contributed by atoms with Gasteiger partial charge in [0.25, 0.3) is 11.8 Å². The molecule has 1 fully saturated rings. The van der Waals surface area contributed by atoms with E-state index < -0.39 is 11.3 Å². The maximum atomic E-state index is 13.2. The Balaban J connectivity index is 2.01. The number of nitrogens with zero attached hydrogens (tertiary/aromatic N) is 2. The number of amides is 2. The van der Waals surface area contributed by atoms with Gasteiger partial charge in [-0.15, -0.1) is 11.3 Å². The Labute approximate surface area is 169 Å². The summed E-state index contributed by atoms with van der Waals surface area (Å²) in [6.07, 6.45) is 8.67. The molecule has 150 valence electrons. The molecule has 28 heavy (non-hydrogen) atoms. The number of rotatable bonds is 5. The van der Waals surface area contributed by atoms with Gasteiger partial charge in [-0.05, 0) is 31.2 Å². The second kappa shape index (κ2) is 8.73. The van der Waals surface area contributed by atoms with E-state index in [1.54, 1.807) is 35.7 Å². The average molecular weight is 402 g/mol. The predicted molar refractivity (Wildman–Crippen MR) is 111 cm³/mol. The van der Waals surface area contributed by atoms with E-state index in [4.69, 9.17) is 0 Å². The van der Waals surface area contributed by atoms with E-state index in [9.17, 15) is 14.4 Å². The van der Waals surface area contributed by atoms with Crippen LogP contribution in [0.25, 0.3) is 0 Å². The molecule has 0 aromatic carbocycles. The number of hydrogen-bond donors (Lipinski definition) is 1. The Morgan fingerprint density at radius 3 is 2.50 bits per heavy atom. The van der Waals surface area contributed by atoms with E-state index in [1.165, 1.54) is 13.5 Å². The van der Waals surface area contributed by atoms with Gasteiger partial charge in [-0.3, -0.25) is 14.4 Å². The summed E-state index contributed by atoms with van der Waals surface area (Å²) in [5.41, 5.74) is -0.435. The first-order chi connectivity index (χ1) is 13.4. The van der Waals surface area contributed by atoms with Crippen LogP contribution in [0.4, 0.5) is 0 Å². The van der Waals surface area contributed by atoms with Gasteiger partial charge in [0.1, 0.15) is 11.1 Å². The molecule has 2 amide bonds. The molecule has 0 aliphatic heterocycles. The van der Waals surface area contributed by atoms with Crippen molar-refractivity contribution < 1.29 is 9.59 Å². The first-order valence-corrected chi connectivity index (χ1v) is 10.6. The number of nitrogens with one attached hydrogen (secondary N) is 1. The third-order valence-corrected chi connectivity index (χ3v) is 6.64. The number of carbonyl (C=O) groups excluding carboxylic acids is 2. The predicted octanol–water partition coefficient (Wildman–Crippen LogP) is 3.61. The first kappa shape index (κ1) is 20.3. The van der Waals surface area contributed by atoms with Crippen molar-refractivity contribution >= 4 is 23.2 Å². The number of hydrogen-bond acceptors (Lipinski definition) is 4. The van der Waals surface area contributed by atoms with Crippen molar-refractivity contribution in [3.63, 3.8) is 0 Å². The molecule has 7 heteroatoms. The Bertz CT molecular complexity index is 898. The van der Waals surface area contributed by atoms with Gasteiger partial charge in [-0.2, -0.15) is 0 Å². The molecule has 0 bridgehead atoms. The molecule has 1 saturated carbocycles. The van der Waals surface area contributed by atoms with E-state index in [0.717, 1.165) is 30.6 Å². The topological polar surface area (TPSA) is 71.4 Å². The quantitative estimate of drug-likeness (QED) is 0.832. The standard InChI is InChI=1S/C21H27N3O3S/c1-14(18-10-7-11-28-18)23(3)21(27)17-13-24(15-8-5-4-6-9-15)12-16(19(17)25)20(26)22-2/h7,10-15H,4-6,8-9H2,1-3H3,(H,22,26). The molecule has 2 aromatic rings. The summed E-state index contributed by atoms with van der Waals surface area (Å²) in [5, 5.41) is 4.48. The summed E-state index contributed by atoms with van der Waals surface area (Å²) < 4.78 is 1.90. The lowest BCUT2D eigenvalue weighted by Crippen LogP contribution is -2.37. The maximum Gasteiger partial charge on any atom is 0.259 e. The number of pyridine rings is 1. The van der Waals surface area contributed by atoms with Crippen molar-refractivity contribution in [3.8, 4) is 0 Å². The van der Waals surface area contributed by atoms with E-state index in [1.807, 2.05) is 29.0 Å². The van der Waals surface area contributed by atoms with E-state index >= 15 is 0 Å². The van der Waals surface area contributed by atoms with Crippen LogP contribution in [0.15, 0.2) is 34.7 Å². The van der Waals surface area contributed by atoms with Crippen molar-refractivity contribution in [2.45, 2.75) is 51.1 Å². The van der Waals surface area contributed by atoms with Crippen LogP contribution in [0, 0.1) is 0 Å². The van der Waals surface area contributed by atoms with E-state index in [2.05, 4.69) is 5.32 Å². The Morgan fingerprint density at radius 2 is 1.89 bits per heavy atom. The highest BCUT2D eigenvalue weighted by Crippen LogP contribution is 2.29. The van der Waals surface area contributed by atoms with Crippen LogP contribution in [0.3, 0.4) is 0 Å². The lowest BCUT2D eigenvalue weighted by Gasteiger charge is -2.27. The highest BCUT2D eigenvalue weighted by molar-refractivity contribution is 7.10. The molecule has 1 atom stereocenters. The van der Waals surface area contributed by atoms with Gasteiger partial charge < -0.3 is 14.8 Å². The average Bonchev–Trinajstić information content (AvgIpc) is 3.27. The number of thiophene rings is 1. The lowest BCUT2D eigenvalue weighted by molar-refractivity contribution is 0.0742. The largest absolute Gasteiger partial charge is 0.355 e. The Kier molecular flexibility index (Phi) is 6.34. The molecule has 0 spiro atoms. The highest BCUT2D eigenvalue weighted by atomic mass is 32.1. The van der Waals surface area contributed by atoms with Crippen LogP contribution < -0.4 is 10.7 Å². The van der Waals surface area contributed by atoms with Gasteiger partial charge in [0.2, 0.25) is 5.43 Å². The van der Waals surface area contributed by atoms with Crippen molar-refractivity contribution in [3.05, 3.63) is 56.1 Å². The number of aromatic nitrogens is 1. The summed E-state index contributed by atoms with van der Waals surface area (Å²) in [4.78, 5) is 41.0. The molecule has 2 aromatic heterocycles. The smallest absolute Gasteiger partial charge is 0.259 e. The summed E-state index contributed by atoms with van der Waals surface area (Å²) in [5.74, 6) is -0.820. The summed E-state index contributed by atoms with van der Waals surface area (Å²) in [6, 6.07) is 3.97. The monoisotopic (exact) mass is 401 g/mol. The third kappa shape index (κ3) is 4.04. The van der Waals surface area contributed by atoms with Gasteiger partial charge >= 0.3 is 0 Å². The minimum absolute atomic E-state index is 0.0242. The zero-order valence-corrected chi connectivity index (χ0v) is 17.4. The SMILES string of the molecule is CNC(=O)c1cn(C2CCCCC2)cc(C(=O)N(C)C(C)c2cccs2)c1=O. The van der Waals surface area contributed by atoms with E-state index in [0.29, 0.717) is 0 Å². The second-order valence-corrected chi connectivity index (χ2v) is 8.32. The van der Waals surface area contributed by atoms with Crippen LogP contribution in [-0.4, -0.2) is 35.4 Å². The molecule has 0 saturated heterocycles. The molecule has 1 aliphatic rings. The number of carbonyl (C=O) groups is 2. The van der Waals surface area contributed by atoms with Gasteiger partial charge in [0, 0.05) is 37.4 Å². The fraction of sp³-hybridized carbons (Fsp3) is 0.476. The fourth-order valence-corrected chi connectivity index (χ4v) is 4.55. The van der Waals surface area contributed by atoms with Gasteiger partial charge in [-0.1, -0.05) is 25.3 Å². The molecule has 2 heterocycles. The maximum absolute atomic E-state index is 13.2. The van der Waals surface area contributed by atoms with Crippen molar-refractivity contribution in [2.75, 3.05) is 14.1 Å². The molecule has 0 radical (unpaired) electrons. The van der Waals surface area contributed by atoms with Crippen molar-refractivity contribution in [1.82, 2.24) is 14.8 Å². The minimum Gasteiger partial charge on any atom is -0.355 e. The van der Waals surface area contributed by atoms with Crippen molar-refractivity contribution in [1.29, 1.82) is 0 Å². The summed E-state index contributed by atoms with van der Waals surface area (Å²) in [7, 11) is 3.19. The molecular weight excluding hydrogens is 374 g/mol. The molecule has 6 nitrogen and oxygen atoms in total. The van der Waals surface area contributed by atoms with E-state index in [-0.39, 0.29) is 29.1 Å². The van der Waals surface area contributed by atoms with Gasteiger partial charge in [-0.25, -0.2) is 0 Å². The van der Waals surface area contributed by atoms with Gasteiger partial charge in [0.05, 0.1) is 6.04 Å². The highest BCUT2D eigenvalue weighted by Gasteiger charge is 2.26. The first-order valence-electron chi connectivity index (χ1n) is 9.72. The minimum atomic E-state index is -0.512. The molecule has 3 rings (SSSR count). The summed E-state index contributed by atoms with van der Waals surface area (Å²) in [6.45, 7) is 1.94. The van der Waals surface area contributed by atoms with Crippen LogP contribution in [0.1, 0.15) is 76.7 Å². The zero-order chi connectivity index (χ0) is 20.3. The normalized spacial score (nSPS) is 15.8. The summed E-state index contributed by atoms with van der Waals surface area (Å²) >= 11 is 1.57. The Morgan fingerprint density at radius 1 is 1.21 bits per heavy atom. The zero-order valence-electron chi connectivity index (χ0n) is 16.6. The van der Waals surface area contributed by atoms with Crippen LogP contribution in [0.2, 0.25) is 0 Å². The second-order valence-electron chi connectivity index (χ2n) is 7.34. The molecule has 1 aliphatic carbocycles. The van der Waals surface area contributed by atoms with Crippen LogP contribution in [-0.2, 0) is 0 Å². The van der Waals surface area contributed by atoms with Crippen LogP contribution in [0.5, 0.6) is 0 Å². The van der Waals surface area contributed by atoms with Crippen molar-refractivity contribution in [2.24, 2.45) is 0 Å².